The molecule has 6 heteroatoms. The molecule has 0 bridgehead atoms. The third-order valence-electron chi connectivity index (χ3n) is 2.48. The number of hydrogen-bond donors (Lipinski definition) is 1. The zero-order chi connectivity index (χ0) is 13.3. The van der Waals surface area contributed by atoms with Gasteiger partial charge in [-0.2, -0.15) is 5.26 Å². The van der Waals surface area contributed by atoms with E-state index < -0.39 is 11.8 Å². The number of carboxylic acids is 1. The van der Waals surface area contributed by atoms with Crippen molar-refractivity contribution in [2.45, 2.75) is 0 Å². The molecule has 18 heavy (non-hydrogen) atoms. The van der Waals surface area contributed by atoms with E-state index in [9.17, 15) is 9.18 Å². The van der Waals surface area contributed by atoms with Crippen LogP contribution in [0.4, 0.5) is 4.39 Å². The van der Waals surface area contributed by atoms with E-state index in [-0.39, 0.29) is 22.3 Å². The van der Waals surface area contributed by atoms with Crippen molar-refractivity contribution in [1.82, 2.24) is 4.98 Å². The summed E-state index contributed by atoms with van der Waals surface area (Å²) in [5.74, 6) is -1.97. The van der Waals surface area contributed by atoms with Crippen molar-refractivity contribution in [3.05, 3.63) is 35.3 Å². The number of aromatic carboxylic acids is 1. The van der Waals surface area contributed by atoms with E-state index in [1.807, 2.05) is 0 Å². The highest BCUT2D eigenvalue weighted by atomic mass is 19.1. The van der Waals surface area contributed by atoms with Gasteiger partial charge >= 0.3 is 5.97 Å². The summed E-state index contributed by atoms with van der Waals surface area (Å²) in [6, 6.07) is 4.12. The highest BCUT2D eigenvalue weighted by molar-refractivity contribution is 5.98. The quantitative estimate of drug-likeness (QED) is 0.875. The summed E-state index contributed by atoms with van der Waals surface area (Å²) in [5.41, 5.74) is -0.0709. The number of nitrogens with zero attached hydrogens (tertiary/aromatic N) is 2. The maximum Gasteiger partial charge on any atom is 0.338 e. The Morgan fingerprint density at radius 1 is 1.56 bits per heavy atom. The van der Waals surface area contributed by atoms with Gasteiger partial charge in [-0.3, -0.25) is 4.98 Å². The van der Waals surface area contributed by atoms with Crippen LogP contribution in [0.3, 0.4) is 0 Å². The van der Waals surface area contributed by atoms with Crippen LogP contribution in [0.1, 0.15) is 15.9 Å². The second-order valence-corrected chi connectivity index (χ2v) is 3.47. The lowest BCUT2D eigenvalue weighted by atomic mass is 10.0. The lowest BCUT2D eigenvalue weighted by Crippen LogP contribution is -2.02. The van der Waals surface area contributed by atoms with Gasteiger partial charge < -0.3 is 9.84 Å². The normalized spacial score (nSPS) is 10.1. The molecule has 0 spiro atoms. The monoisotopic (exact) mass is 246 g/mol. The van der Waals surface area contributed by atoms with Gasteiger partial charge in [0.15, 0.2) is 11.6 Å². The van der Waals surface area contributed by atoms with Crippen molar-refractivity contribution < 1.29 is 19.0 Å². The molecule has 0 aliphatic carbocycles. The van der Waals surface area contributed by atoms with Crippen molar-refractivity contribution in [2.75, 3.05) is 7.11 Å². The molecule has 2 aromatic rings. The number of benzene rings is 1. The molecule has 1 aromatic heterocycles. The molecule has 1 N–H and O–H groups in total. The molecule has 0 atom stereocenters. The average molecular weight is 246 g/mol. The van der Waals surface area contributed by atoms with Gasteiger partial charge in [-0.05, 0) is 6.07 Å². The molecule has 1 heterocycles. The van der Waals surface area contributed by atoms with Gasteiger partial charge in [0.05, 0.1) is 23.8 Å². The topological polar surface area (TPSA) is 83.2 Å². The van der Waals surface area contributed by atoms with Gasteiger partial charge in [0.1, 0.15) is 6.07 Å². The molecule has 90 valence electrons. The van der Waals surface area contributed by atoms with Crippen LogP contribution in [-0.2, 0) is 0 Å². The molecule has 1 aromatic carbocycles. The predicted octanol–water partition coefficient (Wildman–Crippen LogP) is 1.95. The summed E-state index contributed by atoms with van der Waals surface area (Å²) < 4.78 is 18.3. The summed E-state index contributed by atoms with van der Waals surface area (Å²) in [6.45, 7) is 0. The first-order valence-electron chi connectivity index (χ1n) is 4.88. The Kier molecular flexibility index (Phi) is 2.81. The van der Waals surface area contributed by atoms with E-state index in [1.54, 1.807) is 6.07 Å². The van der Waals surface area contributed by atoms with Crippen LogP contribution in [0.5, 0.6) is 5.75 Å². The Labute approximate surface area is 101 Å². The molecule has 0 amide bonds. The first-order valence-corrected chi connectivity index (χ1v) is 4.88. The number of rotatable bonds is 2. The predicted molar refractivity (Wildman–Crippen MR) is 59.9 cm³/mol. The summed E-state index contributed by atoms with van der Waals surface area (Å²) in [4.78, 5) is 14.8. The minimum absolute atomic E-state index is 0.0121. The van der Waals surface area contributed by atoms with Gasteiger partial charge in [0.25, 0.3) is 0 Å². The fourth-order valence-electron chi connectivity index (χ4n) is 1.63. The van der Waals surface area contributed by atoms with Crippen LogP contribution < -0.4 is 4.74 Å². The number of fused-ring (bicyclic) bond motifs is 1. The largest absolute Gasteiger partial charge is 0.494 e. The molecule has 0 unspecified atom stereocenters. The standard InChI is InChI=1S/C12H7FN2O3/c1-18-11-3-10-6(2-9(11)13)7(4-14)8(5-15-10)12(16)17/h2-3,5H,1H3,(H,16,17). The third kappa shape index (κ3) is 1.72. The Morgan fingerprint density at radius 3 is 2.83 bits per heavy atom. The van der Waals surface area contributed by atoms with Crippen molar-refractivity contribution in [3.8, 4) is 11.8 Å². The molecule has 0 fully saturated rings. The molecular formula is C12H7FN2O3. The van der Waals surface area contributed by atoms with Crippen LogP contribution in [0, 0.1) is 17.1 Å². The fraction of sp³-hybridized carbons (Fsp3) is 0.0833. The molecule has 0 radical (unpaired) electrons. The number of methoxy groups -OCH3 is 1. The van der Waals surface area contributed by atoms with Crippen LogP contribution in [-0.4, -0.2) is 23.2 Å². The SMILES string of the molecule is COc1cc2ncc(C(=O)O)c(C#N)c2cc1F. The van der Waals surface area contributed by atoms with Crippen LogP contribution in [0.15, 0.2) is 18.3 Å². The minimum atomic E-state index is -1.28. The molecule has 0 saturated carbocycles. The number of carboxylic acid groups (broad SMARTS) is 1. The van der Waals surface area contributed by atoms with Gasteiger partial charge in [0.2, 0.25) is 0 Å². The zero-order valence-electron chi connectivity index (χ0n) is 9.27. The number of aromatic nitrogens is 1. The van der Waals surface area contributed by atoms with Crippen molar-refractivity contribution in [3.63, 3.8) is 0 Å². The number of pyridine rings is 1. The highest BCUT2D eigenvalue weighted by Gasteiger charge is 2.16. The average Bonchev–Trinajstić information content (AvgIpc) is 2.36. The maximum atomic E-state index is 13.6. The first kappa shape index (κ1) is 11.8. The van der Waals surface area contributed by atoms with E-state index in [1.165, 1.54) is 13.2 Å². The molecule has 2 rings (SSSR count). The summed E-state index contributed by atoms with van der Waals surface area (Å²) >= 11 is 0. The Morgan fingerprint density at radius 2 is 2.28 bits per heavy atom. The van der Waals surface area contributed by atoms with E-state index in [0.29, 0.717) is 5.52 Å². The minimum Gasteiger partial charge on any atom is -0.494 e. The molecule has 0 saturated heterocycles. The Balaban J connectivity index is 2.86. The number of carbonyl (C=O) groups is 1. The second kappa shape index (κ2) is 4.30. The maximum absolute atomic E-state index is 13.6. The van der Waals surface area contributed by atoms with Crippen LogP contribution in [0.2, 0.25) is 0 Å². The summed E-state index contributed by atoms with van der Waals surface area (Å²) in [6.07, 6.45) is 1.07. The van der Waals surface area contributed by atoms with Gasteiger partial charge in [-0.15, -0.1) is 0 Å². The smallest absolute Gasteiger partial charge is 0.338 e. The van der Waals surface area contributed by atoms with Gasteiger partial charge in [-0.1, -0.05) is 0 Å². The van der Waals surface area contributed by atoms with Gasteiger partial charge in [0, 0.05) is 17.6 Å². The number of ether oxygens (including phenoxy) is 1. The van der Waals surface area contributed by atoms with Gasteiger partial charge in [-0.25, -0.2) is 9.18 Å². The highest BCUT2D eigenvalue weighted by Crippen LogP contribution is 2.27. The lowest BCUT2D eigenvalue weighted by Gasteiger charge is -2.06. The summed E-state index contributed by atoms with van der Waals surface area (Å²) in [7, 11) is 1.31. The lowest BCUT2D eigenvalue weighted by molar-refractivity contribution is 0.0696. The van der Waals surface area contributed by atoms with Crippen molar-refractivity contribution >= 4 is 16.9 Å². The Hall–Kier alpha value is -2.68. The first-order chi connectivity index (χ1) is 8.58. The molecular weight excluding hydrogens is 239 g/mol. The van der Waals surface area contributed by atoms with Crippen LogP contribution >= 0.6 is 0 Å². The Bertz CT molecular complexity index is 692. The van der Waals surface area contributed by atoms with Crippen LogP contribution in [0.25, 0.3) is 10.9 Å². The zero-order valence-corrected chi connectivity index (χ0v) is 9.27. The van der Waals surface area contributed by atoms with Crippen molar-refractivity contribution in [1.29, 1.82) is 5.26 Å². The van der Waals surface area contributed by atoms with E-state index in [2.05, 4.69) is 4.98 Å². The molecule has 0 aliphatic rings. The van der Waals surface area contributed by atoms with E-state index in [4.69, 9.17) is 15.1 Å². The number of nitriles is 1. The second-order valence-electron chi connectivity index (χ2n) is 3.47. The molecule has 5 nitrogen and oxygen atoms in total. The third-order valence-corrected chi connectivity index (χ3v) is 2.48. The number of halogens is 1. The fourth-order valence-corrected chi connectivity index (χ4v) is 1.63. The number of hydrogen-bond acceptors (Lipinski definition) is 4. The van der Waals surface area contributed by atoms with Crippen molar-refractivity contribution in [2.24, 2.45) is 0 Å². The van der Waals surface area contributed by atoms with E-state index >= 15 is 0 Å². The molecule has 0 aliphatic heterocycles. The summed E-state index contributed by atoms with van der Waals surface area (Å²) in [5, 5.41) is 18.1. The van der Waals surface area contributed by atoms with E-state index in [0.717, 1.165) is 12.3 Å².